The third-order valence-corrected chi connectivity index (χ3v) is 3.61. The molecule has 0 radical (unpaired) electrons. The fraction of sp³-hybridized carbons (Fsp3) is 0.615. The largest absolute Gasteiger partial charge is 0.352 e. The van der Waals surface area contributed by atoms with Gasteiger partial charge in [-0.3, -0.25) is 4.79 Å². The summed E-state index contributed by atoms with van der Waals surface area (Å²) in [6, 6.07) is -0.529. The van der Waals surface area contributed by atoms with E-state index >= 15 is 0 Å². The molecule has 1 aliphatic heterocycles. The number of carbonyl (C=O) groups excluding carboxylic acids is 2. The molecular formula is C13H22N6O2. The van der Waals surface area contributed by atoms with E-state index in [4.69, 9.17) is 11.5 Å². The maximum absolute atomic E-state index is 12.4. The molecule has 5 N–H and O–H groups in total. The normalized spacial score (nSPS) is 18.5. The van der Waals surface area contributed by atoms with Crippen molar-refractivity contribution in [2.45, 2.75) is 19.4 Å². The van der Waals surface area contributed by atoms with Crippen molar-refractivity contribution in [2.24, 2.45) is 17.4 Å². The first-order valence-corrected chi connectivity index (χ1v) is 7.14. The summed E-state index contributed by atoms with van der Waals surface area (Å²) in [6.07, 6.45) is 5.24. The van der Waals surface area contributed by atoms with Gasteiger partial charge in [-0.1, -0.05) is 0 Å². The molecule has 8 heteroatoms. The van der Waals surface area contributed by atoms with Crippen molar-refractivity contribution in [1.82, 2.24) is 19.8 Å². The molecule has 21 heavy (non-hydrogen) atoms. The minimum absolute atomic E-state index is 0.0745. The molecule has 2 rings (SSSR count). The quantitative estimate of drug-likeness (QED) is 0.669. The summed E-state index contributed by atoms with van der Waals surface area (Å²) < 4.78 is 1.81. The number of piperidine rings is 1. The smallest absolute Gasteiger partial charge is 0.312 e. The lowest BCUT2D eigenvalue weighted by molar-refractivity contribution is 0.0669. The van der Waals surface area contributed by atoms with E-state index in [1.54, 1.807) is 17.4 Å². The molecule has 3 amide bonds. The topological polar surface area (TPSA) is 119 Å². The van der Waals surface area contributed by atoms with Crippen molar-refractivity contribution < 1.29 is 9.59 Å². The van der Waals surface area contributed by atoms with E-state index in [2.05, 4.69) is 10.3 Å². The van der Waals surface area contributed by atoms with E-state index in [1.165, 1.54) is 0 Å². The number of rotatable bonds is 5. The van der Waals surface area contributed by atoms with Gasteiger partial charge in [-0.25, -0.2) is 9.78 Å². The van der Waals surface area contributed by atoms with Crippen LogP contribution in [0.4, 0.5) is 4.79 Å². The van der Waals surface area contributed by atoms with Crippen LogP contribution in [0.25, 0.3) is 0 Å². The molecule has 1 aromatic rings. The lowest BCUT2D eigenvalue weighted by Crippen LogP contribution is -2.44. The van der Waals surface area contributed by atoms with Crippen LogP contribution in [0.5, 0.6) is 0 Å². The van der Waals surface area contributed by atoms with E-state index in [9.17, 15) is 9.59 Å². The molecule has 1 saturated heterocycles. The summed E-state index contributed by atoms with van der Waals surface area (Å²) in [4.78, 5) is 29.1. The zero-order valence-corrected chi connectivity index (χ0v) is 12.0. The van der Waals surface area contributed by atoms with E-state index < -0.39 is 6.03 Å². The van der Waals surface area contributed by atoms with E-state index in [-0.39, 0.29) is 11.8 Å². The number of nitrogens with one attached hydrogen (secondary N) is 1. The Kier molecular flexibility index (Phi) is 5.15. The average molecular weight is 294 g/mol. The first-order valence-electron chi connectivity index (χ1n) is 7.14. The number of primary amides is 1. The molecule has 116 valence electrons. The van der Waals surface area contributed by atoms with Gasteiger partial charge < -0.3 is 26.3 Å². The number of amides is 3. The van der Waals surface area contributed by atoms with E-state index in [1.807, 2.05) is 4.57 Å². The first-order chi connectivity index (χ1) is 10.1. The Bertz CT molecular complexity index is 501. The number of nitrogens with two attached hydrogens (primary N) is 2. The molecule has 8 nitrogen and oxygen atoms in total. The van der Waals surface area contributed by atoms with Crippen molar-refractivity contribution >= 4 is 11.9 Å². The summed E-state index contributed by atoms with van der Waals surface area (Å²) >= 11 is 0. The van der Waals surface area contributed by atoms with Crippen LogP contribution in [-0.2, 0) is 6.54 Å². The molecule has 0 spiro atoms. The third-order valence-electron chi connectivity index (χ3n) is 3.61. The van der Waals surface area contributed by atoms with Gasteiger partial charge in [0.1, 0.15) is 5.69 Å². The lowest BCUT2D eigenvalue weighted by atomic mass is 9.98. The maximum atomic E-state index is 12.4. The molecular weight excluding hydrogens is 272 g/mol. The molecule has 1 atom stereocenters. The Balaban J connectivity index is 1.93. The Morgan fingerprint density at radius 3 is 3.00 bits per heavy atom. The van der Waals surface area contributed by atoms with Crippen LogP contribution in [0.3, 0.4) is 0 Å². The van der Waals surface area contributed by atoms with Gasteiger partial charge in [-0.05, 0) is 18.8 Å². The van der Waals surface area contributed by atoms with Gasteiger partial charge in [-0.15, -0.1) is 0 Å². The summed E-state index contributed by atoms with van der Waals surface area (Å²) in [5, 5.41) is 2.60. The number of aromatic nitrogens is 2. The van der Waals surface area contributed by atoms with E-state index in [0.29, 0.717) is 31.9 Å². The van der Waals surface area contributed by atoms with Gasteiger partial charge in [0.15, 0.2) is 0 Å². The fourth-order valence-electron chi connectivity index (χ4n) is 2.56. The second-order valence-corrected chi connectivity index (χ2v) is 5.29. The van der Waals surface area contributed by atoms with Crippen LogP contribution in [0.1, 0.15) is 23.3 Å². The molecule has 1 fully saturated rings. The summed E-state index contributed by atoms with van der Waals surface area (Å²) in [7, 11) is 0. The number of urea groups is 1. The molecule has 1 aliphatic rings. The Hall–Kier alpha value is -2.09. The zero-order valence-electron chi connectivity index (χ0n) is 12.0. The number of hydrogen-bond acceptors (Lipinski definition) is 4. The third kappa shape index (κ3) is 4.19. The monoisotopic (exact) mass is 294 g/mol. The van der Waals surface area contributed by atoms with E-state index in [0.717, 1.165) is 19.4 Å². The Morgan fingerprint density at radius 2 is 2.29 bits per heavy atom. The summed E-state index contributed by atoms with van der Waals surface area (Å²) in [5.41, 5.74) is 11.0. The van der Waals surface area contributed by atoms with Crippen molar-refractivity contribution in [3.8, 4) is 0 Å². The zero-order chi connectivity index (χ0) is 15.2. The summed E-state index contributed by atoms with van der Waals surface area (Å²) in [5.74, 6) is 0.163. The SMILES string of the molecule is NCCn1cnc(C(=O)N2CCCC(CNC(N)=O)C2)c1. The van der Waals surface area contributed by atoms with Crippen LogP contribution in [0, 0.1) is 5.92 Å². The Morgan fingerprint density at radius 1 is 1.48 bits per heavy atom. The minimum Gasteiger partial charge on any atom is -0.352 e. The molecule has 0 aliphatic carbocycles. The second-order valence-electron chi connectivity index (χ2n) is 5.29. The first kappa shape index (κ1) is 15.3. The standard InChI is InChI=1S/C13H22N6O2/c14-3-5-18-8-11(17-9-18)12(20)19-4-1-2-10(7-19)6-16-13(15)21/h8-10H,1-7,14H2,(H3,15,16,21). The van der Waals surface area contributed by atoms with Crippen molar-refractivity contribution in [3.63, 3.8) is 0 Å². The van der Waals surface area contributed by atoms with Crippen LogP contribution in [0.15, 0.2) is 12.5 Å². The predicted octanol–water partition coefficient (Wildman–Crippen LogP) is -0.638. The number of imidazole rings is 1. The maximum Gasteiger partial charge on any atom is 0.312 e. The number of likely N-dealkylation sites (tertiary alicyclic amines) is 1. The number of nitrogens with zero attached hydrogens (tertiary/aromatic N) is 3. The molecule has 0 bridgehead atoms. The molecule has 0 saturated carbocycles. The molecule has 1 unspecified atom stereocenters. The molecule has 0 aromatic carbocycles. The summed E-state index contributed by atoms with van der Waals surface area (Å²) in [6.45, 7) is 2.99. The van der Waals surface area contributed by atoms with Crippen LogP contribution in [0.2, 0.25) is 0 Å². The lowest BCUT2D eigenvalue weighted by Gasteiger charge is -2.32. The van der Waals surface area contributed by atoms with Gasteiger partial charge in [0.2, 0.25) is 0 Å². The Labute approximate surface area is 123 Å². The van der Waals surface area contributed by atoms with Gasteiger partial charge >= 0.3 is 6.03 Å². The van der Waals surface area contributed by atoms with Crippen molar-refractivity contribution in [3.05, 3.63) is 18.2 Å². The highest BCUT2D eigenvalue weighted by Gasteiger charge is 2.25. The fourth-order valence-corrected chi connectivity index (χ4v) is 2.56. The minimum atomic E-state index is -0.529. The van der Waals surface area contributed by atoms with Crippen LogP contribution < -0.4 is 16.8 Å². The second kappa shape index (κ2) is 7.07. The molecule has 1 aromatic heterocycles. The van der Waals surface area contributed by atoms with Gasteiger partial charge in [-0.2, -0.15) is 0 Å². The van der Waals surface area contributed by atoms with Crippen molar-refractivity contribution in [1.29, 1.82) is 0 Å². The van der Waals surface area contributed by atoms with Gasteiger partial charge in [0.05, 0.1) is 6.33 Å². The molecule has 2 heterocycles. The highest BCUT2D eigenvalue weighted by Crippen LogP contribution is 2.17. The van der Waals surface area contributed by atoms with Crippen molar-refractivity contribution in [2.75, 3.05) is 26.2 Å². The van der Waals surface area contributed by atoms with Crippen LogP contribution in [-0.4, -0.2) is 52.6 Å². The number of carbonyl (C=O) groups is 2. The van der Waals surface area contributed by atoms with Gasteiger partial charge in [0.25, 0.3) is 5.91 Å². The predicted molar refractivity (Wildman–Crippen MR) is 77.5 cm³/mol. The highest BCUT2D eigenvalue weighted by molar-refractivity contribution is 5.92. The van der Waals surface area contributed by atoms with Crippen LogP contribution >= 0.6 is 0 Å². The van der Waals surface area contributed by atoms with Gasteiger partial charge in [0, 0.05) is 38.9 Å². The average Bonchev–Trinajstić information content (AvgIpc) is 2.94. The highest BCUT2D eigenvalue weighted by atomic mass is 16.2. The number of hydrogen-bond donors (Lipinski definition) is 3.